The maximum atomic E-state index is 6.06. The van der Waals surface area contributed by atoms with E-state index in [2.05, 4.69) is 25.2 Å². The van der Waals surface area contributed by atoms with Crippen molar-refractivity contribution < 1.29 is 0 Å². The number of rotatable bonds is 3. The van der Waals surface area contributed by atoms with Gasteiger partial charge in [-0.05, 0) is 42.4 Å². The molecule has 0 spiro atoms. The van der Waals surface area contributed by atoms with Crippen LogP contribution in [0.2, 0.25) is 0 Å². The Hall–Kier alpha value is -1.82. The number of nitrogens with zero attached hydrogens (tertiary/aromatic N) is 4. The maximum Gasteiger partial charge on any atom is 0.142 e. The van der Waals surface area contributed by atoms with E-state index < -0.39 is 0 Å². The summed E-state index contributed by atoms with van der Waals surface area (Å²) in [6.07, 6.45) is 4.39. The van der Waals surface area contributed by atoms with Crippen molar-refractivity contribution in [2.24, 2.45) is 0 Å². The number of anilines is 3. The Labute approximate surface area is 128 Å². The minimum Gasteiger partial charge on any atom is -0.383 e. The number of nitrogens with two attached hydrogens (primary N) is 1. The van der Waals surface area contributed by atoms with E-state index in [1.54, 1.807) is 11.5 Å². The van der Waals surface area contributed by atoms with Crippen LogP contribution in [-0.4, -0.2) is 35.5 Å². The van der Waals surface area contributed by atoms with Gasteiger partial charge in [0, 0.05) is 37.9 Å². The van der Waals surface area contributed by atoms with E-state index in [9.17, 15) is 0 Å². The molecule has 0 amide bonds. The van der Waals surface area contributed by atoms with Gasteiger partial charge in [-0.1, -0.05) is 6.07 Å². The molecule has 2 fully saturated rings. The molecule has 3 heterocycles. The number of aromatic nitrogens is 2. The van der Waals surface area contributed by atoms with E-state index in [0.29, 0.717) is 5.92 Å². The molecular weight excluding hydrogens is 282 g/mol. The summed E-state index contributed by atoms with van der Waals surface area (Å²) in [4.78, 5) is 9.23. The first-order valence-electron chi connectivity index (χ1n) is 7.49. The Kier molecular flexibility index (Phi) is 3.18. The fourth-order valence-corrected chi connectivity index (χ4v) is 3.91. The summed E-state index contributed by atoms with van der Waals surface area (Å²) in [6, 6.07) is 6.08. The molecule has 2 aromatic rings. The van der Waals surface area contributed by atoms with Crippen molar-refractivity contribution >= 4 is 28.2 Å². The van der Waals surface area contributed by atoms with Crippen LogP contribution in [0.4, 0.5) is 16.6 Å². The van der Waals surface area contributed by atoms with E-state index >= 15 is 0 Å². The normalized spacial score (nSPS) is 19.0. The minimum atomic E-state index is 0.660. The molecule has 1 aliphatic carbocycles. The molecule has 6 heteroatoms. The molecule has 2 aliphatic rings. The van der Waals surface area contributed by atoms with Crippen molar-refractivity contribution in [1.29, 1.82) is 0 Å². The van der Waals surface area contributed by atoms with Crippen molar-refractivity contribution in [3.8, 4) is 0 Å². The molecule has 4 rings (SSSR count). The van der Waals surface area contributed by atoms with E-state index in [4.69, 9.17) is 5.73 Å². The largest absolute Gasteiger partial charge is 0.383 e. The first-order chi connectivity index (χ1) is 10.3. The first kappa shape index (κ1) is 12.9. The average Bonchev–Trinajstić information content (AvgIpc) is 3.31. The lowest BCUT2D eigenvalue weighted by atomic mass is 10.2. The molecule has 0 bridgehead atoms. The molecule has 5 nitrogen and oxygen atoms in total. The summed E-state index contributed by atoms with van der Waals surface area (Å²) in [5.74, 6) is 2.49. The van der Waals surface area contributed by atoms with Gasteiger partial charge in [-0.15, -0.1) is 0 Å². The van der Waals surface area contributed by atoms with Crippen molar-refractivity contribution in [2.75, 3.05) is 41.7 Å². The summed E-state index contributed by atoms with van der Waals surface area (Å²) in [7, 11) is 0. The monoisotopic (exact) mass is 301 g/mol. The van der Waals surface area contributed by atoms with Gasteiger partial charge in [-0.2, -0.15) is 4.37 Å². The van der Waals surface area contributed by atoms with E-state index in [-0.39, 0.29) is 0 Å². The standard InChI is InChI=1S/C15H19N5S/c16-14-13(11-4-5-11)15(21-18-14)20-9-7-19(8-10-20)12-3-1-2-6-17-12/h1-3,6,11H,4-5,7-10H2,(H2,16,18). The summed E-state index contributed by atoms with van der Waals surface area (Å²) in [6.45, 7) is 4.02. The zero-order chi connectivity index (χ0) is 14.2. The predicted molar refractivity (Wildman–Crippen MR) is 87.2 cm³/mol. The van der Waals surface area contributed by atoms with Crippen molar-refractivity contribution in [3.63, 3.8) is 0 Å². The Balaban J connectivity index is 1.48. The summed E-state index contributed by atoms with van der Waals surface area (Å²) in [5.41, 5.74) is 7.37. The topological polar surface area (TPSA) is 58.3 Å². The molecule has 1 aliphatic heterocycles. The zero-order valence-corrected chi connectivity index (χ0v) is 12.7. The van der Waals surface area contributed by atoms with Crippen LogP contribution < -0.4 is 15.5 Å². The van der Waals surface area contributed by atoms with Gasteiger partial charge < -0.3 is 15.5 Å². The number of piperazine rings is 1. The molecule has 110 valence electrons. The van der Waals surface area contributed by atoms with Gasteiger partial charge in [-0.3, -0.25) is 0 Å². The van der Waals surface area contributed by atoms with Gasteiger partial charge in [-0.25, -0.2) is 4.98 Å². The maximum absolute atomic E-state index is 6.06. The van der Waals surface area contributed by atoms with Crippen LogP contribution in [0.1, 0.15) is 24.3 Å². The van der Waals surface area contributed by atoms with E-state index in [1.165, 1.54) is 23.4 Å². The fraction of sp³-hybridized carbons (Fsp3) is 0.467. The first-order valence-corrected chi connectivity index (χ1v) is 8.26. The summed E-state index contributed by atoms with van der Waals surface area (Å²) < 4.78 is 4.38. The van der Waals surface area contributed by atoms with Crippen molar-refractivity contribution in [2.45, 2.75) is 18.8 Å². The van der Waals surface area contributed by atoms with Crippen LogP contribution in [-0.2, 0) is 0 Å². The summed E-state index contributed by atoms with van der Waals surface area (Å²) in [5, 5.41) is 1.30. The second-order valence-electron chi connectivity index (χ2n) is 5.72. The van der Waals surface area contributed by atoms with Crippen molar-refractivity contribution in [3.05, 3.63) is 30.0 Å². The number of nitrogen functional groups attached to an aromatic ring is 1. The zero-order valence-electron chi connectivity index (χ0n) is 11.9. The summed E-state index contributed by atoms with van der Waals surface area (Å²) >= 11 is 1.56. The second-order valence-corrected chi connectivity index (χ2v) is 6.47. The molecule has 0 atom stereocenters. The second kappa shape index (κ2) is 5.18. The van der Waals surface area contributed by atoms with Gasteiger partial charge in [0.2, 0.25) is 0 Å². The lowest BCUT2D eigenvalue weighted by Gasteiger charge is -2.36. The molecule has 21 heavy (non-hydrogen) atoms. The highest BCUT2D eigenvalue weighted by Crippen LogP contribution is 2.48. The van der Waals surface area contributed by atoms with Gasteiger partial charge in [0.1, 0.15) is 16.6 Å². The quantitative estimate of drug-likeness (QED) is 0.943. The van der Waals surface area contributed by atoms with E-state index in [1.807, 2.05) is 18.3 Å². The third-order valence-corrected chi connectivity index (χ3v) is 5.20. The fourth-order valence-electron chi connectivity index (χ4n) is 2.96. The van der Waals surface area contributed by atoms with Crippen LogP contribution in [0.3, 0.4) is 0 Å². The smallest absolute Gasteiger partial charge is 0.142 e. The van der Waals surface area contributed by atoms with Gasteiger partial charge in [0.05, 0.1) is 0 Å². The lowest BCUT2D eigenvalue weighted by molar-refractivity contribution is 0.649. The number of hydrogen-bond acceptors (Lipinski definition) is 6. The SMILES string of the molecule is Nc1nsc(N2CCN(c3ccccn3)CC2)c1C1CC1. The lowest BCUT2D eigenvalue weighted by Crippen LogP contribution is -2.46. The molecule has 1 saturated carbocycles. The Bertz CT molecular complexity index is 614. The predicted octanol–water partition coefficient (Wildman–Crippen LogP) is 2.32. The Morgan fingerprint density at radius 3 is 2.52 bits per heavy atom. The molecule has 0 unspecified atom stereocenters. The number of hydrogen-bond donors (Lipinski definition) is 1. The minimum absolute atomic E-state index is 0.660. The molecule has 1 saturated heterocycles. The molecule has 0 radical (unpaired) electrons. The van der Waals surface area contributed by atoms with Crippen LogP contribution in [0.15, 0.2) is 24.4 Å². The Morgan fingerprint density at radius 1 is 1.10 bits per heavy atom. The molecule has 2 aromatic heterocycles. The van der Waals surface area contributed by atoms with Gasteiger partial charge in [0.25, 0.3) is 0 Å². The van der Waals surface area contributed by atoms with E-state index in [0.717, 1.165) is 37.8 Å². The highest BCUT2D eigenvalue weighted by molar-refractivity contribution is 7.10. The molecular formula is C15H19N5S. The van der Waals surface area contributed by atoms with Crippen LogP contribution >= 0.6 is 11.5 Å². The van der Waals surface area contributed by atoms with Gasteiger partial charge in [0.15, 0.2) is 0 Å². The Morgan fingerprint density at radius 2 is 1.86 bits per heavy atom. The van der Waals surface area contributed by atoms with Crippen molar-refractivity contribution in [1.82, 2.24) is 9.36 Å². The van der Waals surface area contributed by atoms with Crippen LogP contribution in [0, 0.1) is 0 Å². The highest BCUT2D eigenvalue weighted by Gasteiger charge is 2.33. The third kappa shape index (κ3) is 2.44. The third-order valence-electron chi connectivity index (χ3n) is 4.26. The van der Waals surface area contributed by atoms with Crippen LogP contribution in [0.25, 0.3) is 0 Å². The number of pyridine rings is 1. The molecule has 0 aromatic carbocycles. The average molecular weight is 301 g/mol. The molecule has 2 N–H and O–H groups in total. The van der Waals surface area contributed by atoms with Crippen LogP contribution in [0.5, 0.6) is 0 Å². The highest BCUT2D eigenvalue weighted by atomic mass is 32.1. The van der Waals surface area contributed by atoms with Gasteiger partial charge >= 0.3 is 0 Å².